The second kappa shape index (κ2) is 11.4. The Hall–Kier alpha value is -3.67. The molecule has 2 aromatic rings. The highest BCUT2D eigenvalue weighted by Crippen LogP contribution is 2.28. The lowest BCUT2D eigenvalue weighted by Gasteiger charge is -2.27. The molecule has 1 fully saturated rings. The van der Waals surface area contributed by atoms with Gasteiger partial charge in [-0.15, -0.1) is 5.10 Å². The van der Waals surface area contributed by atoms with Crippen LogP contribution in [0, 0.1) is 5.92 Å². The number of aryl methyl sites for hydroxylation is 1. The number of alkyl halides is 3. The highest BCUT2D eigenvalue weighted by Gasteiger charge is 2.30. The fourth-order valence-electron chi connectivity index (χ4n) is 4.64. The summed E-state index contributed by atoms with van der Waals surface area (Å²) in [5, 5.41) is 7.53. The van der Waals surface area contributed by atoms with Gasteiger partial charge in [0.2, 0.25) is 11.9 Å². The normalized spacial score (nSPS) is 17.9. The predicted octanol–water partition coefficient (Wildman–Crippen LogP) is 3.49. The molecule has 1 aromatic heterocycles. The summed E-state index contributed by atoms with van der Waals surface area (Å²) in [7, 11) is 1.74. The number of hydrogen-bond acceptors (Lipinski definition) is 6. The van der Waals surface area contributed by atoms with E-state index in [4.69, 9.17) is 5.73 Å². The van der Waals surface area contributed by atoms with E-state index in [1.807, 2.05) is 4.90 Å². The molecule has 2 amide bonds. The molecule has 1 saturated heterocycles. The van der Waals surface area contributed by atoms with Gasteiger partial charge in [-0.2, -0.15) is 18.2 Å². The van der Waals surface area contributed by atoms with Crippen molar-refractivity contribution >= 4 is 29.0 Å². The van der Waals surface area contributed by atoms with E-state index in [0.717, 1.165) is 17.7 Å². The second-order valence-corrected chi connectivity index (χ2v) is 9.64. The maximum Gasteiger partial charge on any atom is 0.389 e. The average Bonchev–Trinajstić information content (AvgIpc) is 3.53. The summed E-state index contributed by atoms with van der Waals surface area (Å²) in [4.78, 5) is 32.6. The van der Waals surface area contributed by atoms with Gasteiger partial charge in [0.15, 0.2) is 5.82 Å². The number of allylic oxidation sites excluding steroid dienone is 1. The Labute approximate surface area is 219 Å². The van der Waals surface area contributed by atoms with E-state index < -0.39 is 24.9 Å². The number of benzene rings is 1. The van der Waals surface area contributed by atoms with Crippen LogP contribution in [0.15, 0.2) is 42.5 Å². The first-order valence-electron chi connectivity index (χ1n) is 12.5. The SMILES string of the molecule is C=C(C1=CCN(C(=O)CCC(F)(F)F)CC1)c1nc(Nc2ccc(C(=O)N3CCC(CN)C3)cc2)nn1C. The van der Waals surface area contributed by atoms with Crippen molar-refractivity contribution in [2.75, 3.05) is 38.0 Å². The molecule has 0 radical (unpaired) electrons. The van der Waals surface area contributed by atoms with E-state index in [1.165, 1.54) is 4.90 Å². The van der Waals surface area contributed by atoms with E-state index >= 15 is 0 Å². The fourth-order valence-corrected chi connectivity index (χ4v) is 4.64. The molecule has 9 nitrogen and oxygen atoms in total. The zero-order chi connectivity index (χ0) is 27.4. The number of rotatable bonds is 8. The van der Waals surface area contributed by atoms with E-state index in [2.05, 4.69) is 22.0 Å². The minimum atomic E-state index is -4.35. The lowest BCUT2D eigenvalue weighted by atomic mass is 10.00. The number of nitrogens with zero attached hydrogens (tertiary/aromatic N) is 5. The number of amides is 2. The Bertz CT molecular complexity index is 1220. The first kappa shape index (κ1) is 27.4. The lowest BCUT2D eigenvalue weighted by Crippen LogP contribution is -2.35. The molecular formula is C26H32F3N7O2. The molecule has 4 rings (SSSR count). The third-order valence-electron chi connectivity index (χ3n) is 6.90. The molecule has 0 bridgehead atoms. The van der Waals surface area contributed by atoms with Gasteiger partial charge in [0.05, 0.1) is 6.42 Å². The van der Waals surface area contributed by atoms with Crippen molar-refractivity contribution in [1.82, 2.24) is 24.6 Å². The zero-order valence-electron chi connectivity index (χ0n) is 21.3. The molecule has 1 aromatic carbocycles. The summed E-state index contributed by atoms with van der Waals surface area (Å²) >= 11 is 0. The summed E-state index contributed by atoms with van der Waals surface area (Å²) in [6.07, 6.45) is -2.83. The topological polar surface area (TPSA) is 109 Å². The Morgan fingerprint density at radius 2 is 1.92 bits per heavy atom. The number of carbonyl (C=O) groups is 2. The van der Waals surface area contributed by atoms with E-state index in [0.29, 0.717) is 61.4 Å². The quantitative estimate of drug-likeness (QED) is 0.540. The van der Waals surface area contributed by atoms with Crippen molar-refractivity contribution in [3.8, 4) is 0 Å². The van der Waals surface area contributed by atoms with Crippen LogP contribution in [0.2, 0.25) is 0 Å². The van der Waals surface area contributed by atoms with E-state index in [9.17, 15) is 22.8 Å². The van der Waals surface area contributed by atoms with Gasteiger partial charge in [-0.1, -0.05) is 12.7 Å². The molecule has 0 spiro atoms. The Morgan fingerprint density at radius 1 is 1.18 bits per heavy atom. The molecule has 204 valence electrons. The van der Waals surface area contributed by atoms with E-state index in [1.54, 1.807) is 42.1 Å². The smallest absolute Gasteiger partial charge is 0.339 e. The molecule has 0 saturated carbocycles. The third-order valence-corrected chi connectivity index (χ3v) is 6.90. The van der Waals surface area contributed by atoms with Crippen molar-refractivity contribution < 1.29 is 22.8 Å². The second-order valence-electron chi connectivity index (χ2n) is 9.64. The minimum absolute atomic E-state index is 0.0107. The predicted molar refractivity (Wildman–Crippen MR) is 137 cm³/mol. The highest BCUT2D eigenvalue weighted by atomic mass is 19.4. The molecule has 3 N–H and O–H groups in total. The number of likely N-dealkylation sites (tertiary alicyclic amines) is 1. The molecule has 1 atom stereocenters. The van der Waals surface area contributed by atoms with Crippen molar-refractivity contribution in [1.29, 1.82) is 0 Å². The monoisotopic (exact) mass is 531 g/mol. The van der Waals surface area contributed by atoms with E-state index in [-0.39, 0.29) is 12.5 Å². The third kappa shape index (κ3) is 6.60. The number of halogens is 3. The maximum atomic E-state index is 12.7. The summed E-state index contributed by atoms with van der Waals surface area (Å²) in [5.41, 5.74) is 8.55. The summed E-state index contributed by atoms with van der Waals surface area (Å²) < 4.78 is 38.8. The lowest BCUT2D eigenvalue weighted by molar-refractivity contribution is -0.148. The molecule has 3 heterocycles. The number of anilines is 2. The van der Waals surface area contributed by atoms with Gasteiger partial charge < -0.3 is 20.9 Å². The highest BCUT2D eigenvalue weighted by molar-refractivity contribution is 5.94. The van der Waals surface area contributed by atoms with Crippen LogP contribution in [-0.2, 0) is 11.8 Å². The molecular weight excluding hydrogens is 499 g/mol. The van der Waals surface area contributed by atoms with Crippen molar-refractivity contribution in [2.24, 2.45) is 18.7 Å². The molecule has 0 aliphatic carbocycles. The Morgan fingerprint density at radius 3 is 2.53 bits per heavy atom. The summed E-state index contributed by atoms with van der Waals surface area (Å²) in [6, 6.07) is 7.11. The molecule has 12 heteroatoms. The van der Waals surface area contributed by atoms with Gasteiger partial charge >= 0.3 is 6.18 Å². The summed E-state index contributed by atoms with van der Waals surface area (Å²) in [6.45, 7) is 6.65. The molecule has 38 heavy (non-hydrogen) atoms. The van der Waals surface area contributed by atoms with Crippen molar-refractivity contribution in [2.45, 2.75) is 31.9 Å². The molecule has 1 unspecified atom stereocenters. The maximum absolute atomic E-state index is 12.7. The average molecular weight is 532 g/mol. The Balaban J connectivity index is 1.34. The van der Waals surface area contributed by atoms with Gasteiger partial charge in [-0.3, -0.25) is 9.59 Å². The van der Waals surface area contributed by atoms with Crippen LogP contribution in [0.4, 0.5) is 24.8 Å². The van der Waals surface area contributed by atoms with Gasteiger partial charge in [0, 0.05) is 56.5 Å². The van der Waals surface area contributed by atoms with Crippen LogP contribution in [0.1, 0.15) is 41.9 Å². The first-order chi connectivity index (χ1) is 18.0. The summed E-state index contributed by atoms with van der Waals surface area (Å²) in [5.74, 6) is 0.720. The van der Waals surface area contributed by atoms with Crippen LogP contribution in [0.25, 0.3) is 5.57 Å². The number of aromatic nitrogens is 3. The van der Waals surface area contributed by atoms with Crippen LogP contribution in [-0.4, -0.2) is 75.3 Å². The molecule has 2 aliphatic heterocycles. The van der Waals surface area contributed by atoms with Gasteiger partial charge in [0.25, 0.3) is 5.91 Å². The first-order valence-corrected chi connectivity index (χ1v) is 12.5. The van der Waals surface area contributed by atoms with Crippen LogP contribution >= 0.6 is 0 Å². The number of nitrogens with one attached hydrogen (secondary N) is 1. The fraction of sp³-hybridized carbons (Fsp3) is 0.462. The van der Waals surface area contributed by atoms with Crippen molar-refractivity contribution in [3.63, 3.8) is 0 Å². The van der Waals surface area contributed by atoms with Crippen molar-refractivity contribution in [3.05, 3.63) is 53.9 Å². The van der Waals surface area contributed by atoms with Gasteiger partial charge in [0.1, 0.15) is 0 Å². The van der Waals surface area contributed by atoms with Gasteiger partial charge in [-0.25, -0.2) is 4.68 Å². The van der Waals surface area contributed by atoms with Gasteiger partial charge in [-0.05, 0) is 55.1 Å². The standard InChI is InChI=1S/C26H32F3N7O2/c1-17(19-9-13-35(14-10-19)22(37)7-11-26(27,28)29)23-32-25(33-34(23)2)31-21-5-3-20(4-6-21)24(38)36-12-8-18(15-30)16-36/h3-6,9,18H,1,7-8,10-16,30H2,2H3,(H,31,33). The van der Waals surface area contributed by atoms with Crippen LogP contribution in [0.5, 0.6) is 0 Å². The number of nitrogens with two attached hydrogens (primary N) is 1. The largest absolute Gasteiger partial charge is 0.389 e. The van der Waals surface area contributed by atoms with Crippen LogP contribution in [0.3, 0.4) is 0 Å². The molecule has 2 aliphatic rings. The zero-order valence-corrected chi connectivity index (χ0v) is 21.3. The number of hydrogen-bond donors (Lipinski definition) is 2. The number of carbonyl (C=O) groups excluding carboxylic acids is 2. The Kier molecular flexibility index (Phi) is 8.20. The van der Waals surface area contributed by atoms with Crippen LogP contribution < -0.4 is 11.1 Å². The minimum Gasteiger partial charge on any atom is -0.339 e.